The minimum atomic E-state index is -3.71. The number of nitrogens with zero attached hydrogens (tertiary/aromatic N) is 1. The van der Waals surface area contributed by atoms with Crippen LogP contribution >= 0.6 is 0 Å². The Balaban J connectivity index is 2.02. The Morgan fingerprint density at radius 1 is 1.38 bits per heavy atom. The summed E-state index contributed by atoms with van der Waals surface area (Å²) in [7, 11) is -2.21. The number of aromatic carboxylic acids is 1. The molecule has 3 N–H and O–H groups in total. The van der Waals surface area contributed by atoms with Crippen LogP contribution in [-0.2, 0) is 17.1 Å². The molecule has 2 rings (SSSR count). The van der Waals surface area contributed by atoms with Gasteiger partial charge >= 0.3 is 5.97 Å². The van der Waals surface area contributed by atoms with Gasteiger partial charge < -0.3 is 14.8 Å². The molecule has 7 nitrogen and oxygen atoms in total. The summed E-state index contributed by atoms with van der Waals surface area (Å²) in [5.74, 6) is -0.953. The molecule has 0 aromatic carbocycles. The van der Waals surface area contributed by atoms with Gasteiger partial charge in [-0.3, -0.25) is 0 Å². The lowest BCUT2D eigenvalue weighted by Gasteiger charge is -2.25. The molecule has 1 saturated carbocycles. The Hall–Kier alpha value is -1.38. The van der Waals surface area contributed by atoms with E-state index in [0.29, 0.717) is 19.4 Å². The van der Waals surface area contributed by atoms with Crippen molar-refractivity contribution in [3.05, 3.63) is 18.0 Å². The molecule has 1 aromatic rings. The molecular weight excluding hydrogens is 296 g/mol. The number of aromatic nitrogens is 1. The van der Waals surface area contributed by atoms with Crippen LogP contribution in [0.4, 0.5) is 0 Å². The zero-order valence-corrected chi connectivity index (χ0v) is 12.6. The first kappa shape index (κ1) is 16.0. The molecule has 1 aliphatic rings. The zero-order chi connectivity index (χ0) is 15.6. The number of carboxylic acids is 1. The lowest BCUT2D eigenvalue weighted by molar-refractivity contribution is 0.0686. The van der Waals surface area contributed by atoms with E-state index in [0.717, 1.165) is 18.9 Å². The van der Waals surface area contributed by atoms with Crippen molar-refractivity contribution < 1.29 is 23.4 Å². The van der Waals surface area contributed by atoms with Gasteiger partial charge in [0.25, 0.3) is 0 Å². The molecule has 0 aliphatic heterocycles. The Morgan fingerprint density at radius 2 is 2.00 bits per heavy atom. The van der Waals surface area contributed by atoms with Gasteiger partial charge in [0.2, 0.25) is 10.0 Å². The average Bonchev–Trinajstić information content (AvgIpc) is 2.81. The standard InChI is InChI=1S/C13H20N2O5S/c1-15-8-11(6-12(15)13(17)18)21(19,20)14-7-9-2-4-10(16)5-3-9/h6,8-10,14,16H,2-5,7H2,1H3,(H,17,18). The molecular formula is C13H20N2O5S. The quantitative estimate of drug-likeness (QED) is 0.735. The van der Waals surface area contributed by atoms with Gasteiger partial charge in [-0.1, -0.05) is 0 Å². The van der Waals surface area contributed by atoms with Crippen LogP contribution in [0.15, 0.2) is 17.2 Å². The molecule has 1 aromatic heterocycles. The van der Waals surface area contributed by atoms with Crippen LogP contribution in [0.25, 0.3) is 0 Å². The van der Waals surface area contributed by atoms with Crippen molar-refractivity contribution in [2.24, 2.45) is 13.0 Å². The van der Waals surface area contributed by atoms with E-state index in [1.807, 2.05) is 0 Å². The van der Waals surface area contributed by atoms with Crippen molar-refractivity contribution in [1.29, 1.82) is 0 Å². The molecule has 0 amide bonds. The summed E-state index contributed by atoms with van der Waals surface area (Å²) < 4.78 is 28.1. The second-order valence-electron chi connectivity index (χ2n) is 5.50. The van der Waals surface area contributed by atoms with Gasteiger partial charge in [-0.25, -0.2) is 17.9 Å². The second-order valence-corrected chi connectivity index (χ2v) is 7.27. The summed E-state index contributed by atoms with van der Waals surface area (Å²) in [6, 6.07) is 1.15. The molecule has 1 heterocycles. The van der Waals surface area contributed by atoms with E-state index in [2.05, 4.69) is 4.72 Å². The van der Waals surface area contributed by atoms with E-state index in [-0.39, 0.29) is 22.6 Å². The maximum atomic E-state index is 12.2. The van der Waals surface area contributed by atoms with Crippen molar-refractivity contribution in [3.63, 3.8) is 0 Å². The highest BCUT2D eigenvalue weighted by atomic mass is 32.2. The lowest BCUT2D eigenvalue weighted by atomic mass is 9.88. The fraction of sp³-hybridized carbons (Fsp3) is 0.615. The molecule has 0 bridgehead atoms. The van der Waals surface area contributed by atoms with Crippen LogP contribution in [0.5, 0.6) is 0 Å². The van der Waals surface area contributed by atoms with E-state index in [1.165, 1.54) is 17.8 Å². The van der Waals surface area contributed by atoms with Crippen molar-refractivity contribution >= 4 is 16.0 Å². The van der Waals surface area contributed by atoms with E-state index in [4.69, 9.17) is 5.11 Å². The topological polar surface area (TPSA) is 109 Å². The van der Waals surface area contributed by atoms with Crippen LogP contribution in [0.2, 0.25) is 0 Å². The second kappa shape index (κ2) is 6.17. The highest BCUT2D eigenvalue weighted by Crippen LogP contribution is 2.24. The van der Waals surface area contributed by atoms with Crippen molar-refractivity contribution in [1.82, 2.24) is 9.29 Å². The van der Waals surface area contributed by atoms with Gasteiger partial charge in [0.15, 0.2) is 0 Å². The monoisotopic (exact) mass is 316 g/mol. The predicted octanol–water partition coefficient (Wildman–Crippen LogP) is 0.553. The Bertz CT molecular complexity index is 615. The third-order valence-electron chi connectivity index (χ3n) is 3.89. The first-order valence-corrected chi connectivity index (χ1v) is 8.35. The van der Waals surface area contributed by atoms with Crippen molar-refractivity contribution in [3.8, 4) is 0 Å². The maximum absolute atomic E-state index is 12.2. The lowest BCUT2D eigenvalue weighted by Crippen LogP contribution is -2.32. The van der Waals surface area contributed by atoms with Gasteiger partial charge in [-0.15, -0.1) is 0 Å². The Morgan fingerprint density at radius 3 is 2.52 bits per heavy atom. The summed E-state index contributed by atoms with van der Waals surface area (Å²) >= 11 is 0. The molecule has 0 atom stereocenters. The Labute approximate surface area is 123 Å². The Kier molecular flexibility index (Phi) is 4.70. The molecule has 1 fully saturated rings. The molecule has 1 aliphatic carbocycles. The molecule has 0 spiro atoms. The summed E-state index contributed by atoms with van der Waals surface area (Å²) in [5, 5.41) is 18.4. The highest BCUT2D eigenvalue weighted by molar-refractivity contribution is 7.89. The van der Waals surface area contributed by atoms with Gasteiger partial charge in [-0.05, 0) is 37.7 Å². The van der Waals surface area contributed by atoms with Crippen LogP contribution in [0.1, 0.15) is 36.2 Å². The first-order valence-electron chi connectivity index (χ1n) is 6.87. The number of carbonyl (C=O) groups is 1. The van der Waals surface area contributed by atoms with Crippen LogP contribution < -0.4 is 4.72 Å². The molecule has 0 saturated heterocycles. The van der Waals surface area contributed by atoms with Crippen LogP contribution in [-0.4, -0.2) is 41.8 Å². The number of aliphatic hydroxyl groups excluding tert-OH is 1. The number of sulfonamides is 1. The first-order chi connectivity index (χ1) is 9.79. The predicted molar refractivity (Wildman–Crippen MR) is 75.5 cm³/mol. The summed E-state index contributed by atoms with van der Waals surface area (Å²) in [6.07, 6.45) is 3.99. The van der Waals surface area contributed by atoms with Gasteiger partial charge in [0.05, 0.1) is 6.10 Å². The van der Waals surface area contributed by atoms with Gasteiger partial charge in [0.1, 0.15) is 10.6 Å². The zero-order valence-electron chi connectivity index (χ0n) is 11.8. The smallest absolute Gasteiger partial charge is 0.352 e. The molecule has 0 radical (unpaired) electrons. The maximum Gasteiger partial charge on any atom is 0.352 e. The fourth-order valence-electron chi connectivity index (χ4n) is 2.55. The minimum absolute atomic E-state index is 0.0433. The molecule has 0 unspecified atom stereocenters. The van der Waals surface area contributed by atoms with E-state index >= 15 is 0 Å². The largest absolute Gasteiger partial charge is 0.477 e. The third kappa shape index (κ3) is 3.84. The van der Waals surface area contributed by atoms with Gasteiger partial charge in [-0.2, -0.15) is 0 Å². The SMILES string of the molecule is Cn1cc(S(=O)(=O)NCC2CCC(O)CC2)cc1C(=O)O. The summed E-state index contributed by atoms with van der Waals surface area (Å²) in [4.78, 5) is 10.9. The van der Waals surface area contributed by atoms with E-state index in [9.17, 15) is 18.3 Å². The number of aliphatic hydroxyl groups is 1. The number of nitrogens with one attached hydrogen (secondary N) is 1. The van der Waals surface area contributed by atoms with Crippen LogP contribution in [0, 0.1) is 5.92 Å². The number of carboxylic acid groups (broad SMARTS) is 1. The number of rotatable bonds is 5. The highest BCUT2D eigenvalue weighted by Gasteiger charge is 2.24. The average molecular weight is 316 g/mol. The van der Waals surface area contributed by atoms with E-state index < -0.39 is 16.0 Å². The number of hydrogen-bond donors (Lipinski definition) is 3. The normalized spacial score (nSPS) is 23.1. The molecule has 118 valence electrons. The van der Waals surface area contributed by atoms with Crippen LogP contribution in [0.3, 0.4) is 0 Å². The van der Waals surface area contributed by atoms with Crippen molar-refractivity contribution in [2.45, 2.75) is 36.7 Å². The summed E-state index contributed by atoms with van der Waals surface area (Å²) in [6.45, 7) is 0.312. The molecule has 8 heteroatoms. The third-order valence-corrected chi connectivity index (χ3v) is 5.28. The van der Waals surface area contributed by atoms with Gasteiger partial charge in [0, 0.05) is 19.8 Å². The molecule has 21 heavy (non-hydrogen) atoms. The van der Waals surface area contributed by atoms with Crippen molar-refractivity contribution in [2.75, 3.05) is 6.54 Å². The van der Waals surface area contributed by atoms with E-state index in [1.54, 1.807) is 0 Å². The number of aryl methyl sites for hydroxylation is 1. The summed E-state index contributed by atoms with van der Waals surface area (Å²) in [5.41, 5.74) is -0.0730. The minimum Gasteiger partial charge on any atom is -0.477 e. The fourth-order valence-corrected chi connectivity index (χ4v) is 3.74. The number of hydrogen-bond acceptors (Lipinski definition) is 4.